The topological polar surface area (TPSA) is 97.8 Å². The van der Waals surface area contributed by atoms with E-state index in [4.69, 9.17) is 10.2 Å². The summed E-state index contributed by atoms with van der Waals surface area (Å²) in [6.07, 6.45) is 2.75. The van der Waals surface area contributed by atoms with Crippen LogP contribution in [0.3, 0.4) is 0 Å². The summed E-state index contributed by atoms with van der Waals surface area (Å²) in [5, 5.41) is 0. The summed E-state index contributed by atoms with van der Waals surface area (Å²) >= 11 is 0. The Labute approximate surface area is 78.8 Å². The van der Waals surface area contributed by atoms with Crippen molar-refractivity contribution >= 4 is 5.69 Å². The quantitative estimate of drug-likeness (QED) is 0.677. The lowest BCUT2D eigenvalue weighted by Crippen LogP contribution is -2.12. The van der Waals surface area contributed by atoms with Gasteiger partial charge in [0, 0.05) is 0 Å². The van der Waals surface area contributed by atoms with Gasteiger partial charge < -0.3 is 10.2 Å². The van der Waals surface area contributed by atoms with Crippen LogP contribution in [-0.4, -0.2) is 15.0 Å². The van der Waals surface area contributed by atoms with Crippen molar-refractivity contribution in [3.05, 3.63) is 28.6 Å². The Hall–Kier alpha value is -2.11. The van der Waals surface area contributed by atoms with E-state index in [0.717, 1.165) is 5.69 Å². The molecule has 0 radical (unpaired) electrons. The van der Waals surface area contributed by atoms with Crippen LogP contribution in [0.2, 0.25) is 0 Å². The van der Waals surface area contributed by atoms with E-state index < -0.39 is 5.69 Å². The van der Waals surface area contributed by atoms with E-state index in [1.165, 1.54) is 12.5 Å². The molecule has 0 atom stereocenters. The number of nitrogens with zero attached hydrogens (tertiary/aromatic N) is 2. The molecule has 0 unspecified atom stereocenters. The fourth-order valence-electron chi connectivity index (χ4n) is 1.05. The zero-order valence-electron chi connectivity index (χ0n) is 7.44. The number of aryl methyl sites for hydroxylation is 1. The van der Waals surface area contributed by atoms with E-state index in [1.807, 2.05) is 0 Å². The van der Waals surface area contributed by atoms with Gasteiger partial charge in [0.1, 0.15) is 12.0 Å². The second-order valence-corrected chi connectivity index (χ2v) is 2.81. The van der Waals surface area contributed by atoms with Crippen LogP contribution in [0, 0.1) is 6.92 Å². The summed E-state index contributed by atoms with van der Waals surface area (Å²) < 4.78 is 5.10. The van der Waals surface area contributed by atoms with Crippen LogP contribution in [0.4, 0.5) is 5.69 Å². The molecule has 0 bridgehead atoms. The maximum Gasteiger partial charge on any atom is 0.345 e. The van der Waals surface area contributed by atoms with E-state index in [2.05, 4.69) is 15.0 Å². The highest BCUT2D eigenvalue weighted by Crippen LogP contribution is 2.19. The Morgan fingerprint density at radius 1 is 1.57 bits per heavy atom. The number of aromatic amines is 1. The number of aromatic nitrogens is 3. The van der Waals surface area contributed by atoms with E-state index in [1.54, 1.807) is 6.92 Å². The molecule has 2 rings (SSSR count). The highest BCUT2D eigenvalue weighted by Gasteiger charge is 2.09. The van der Waals surface area contributed by atoms with Crippen molar-refractivity contribution in [2.24, 2.45) is 0 Å². The van der Waals surface area contributed by atoms with Gasteiger partial charge in [-0.2, -0.15) is 4.98 Å². The van der Waals surface area contributed by atoms with Gasteiger partial charge in [-0.1, -0.05) is 0 Å². The molecule has 0 saturated carbocycles. The van der Waals surface area contributed by atoms with Gasteiger partial charge in [-0.25, -0.2) is 9.78 Å². The van der Waals surface area contributed by atoms with E-state index in [0.29, 0.717) is 17.3 Å². The lowest BCUT2D eigenvalue weighted by molar-refractivity contribution is 0.571. The summed E-state index contributed by atoms with van der Waals surface area (Å²) in [4.78, 5) is 20.9. The van der Waals surface area contributed by atoms with Crippen LogP contribution in [0.15, 0.2) is 21.7 Å². The first kappa shape index (κ1) is 8.49. The van der Waals surface area contributed by atoms with Crippen LogP contribution in [0.1, 0.15) is 5.69 Å². The number of nitrogens with one attached hydrogen (secondary N) is 1. The molecule has 0 aromatic carbocycles. The minimum absolute atomic E-state index is 0.291. The van der Waals surface area contributed by atoms with Crippen molar-refractivity contribution in [3.8, 4) is 11.6 Å². The van der Waals surface area contributed by atoms with Crippen LogP contribution in [-0.2, 0) is 0 Å². The monoisotopic (exact) mass is 192 g/mol. The minimum atomic E-state index is -0.481. The third-order valence-corrected chi connectivity index (χ3v) is 1.67. The van der Waals surface area contributed by atoms with Gasteiger partial charge in [-0.3, -0.25) is 4.98 Å². The Kier molecular flexibility index (Phi) is 1.81. The molecule has 2 heterocycles. The molecule has 0 aliphatic rings. The summed E-state index contributed by atoms with van der Waals surface area (Å²) in [5.41, 5.74) is 6.52. The van der Waals surface area contributed by atoms with Crippen molar-refractivity contribution in [2.75, 3.05) is 5.73 Å². The molecule has 6 heteroatoms. The molecule has 0 aliphatic carbocycles. The third kappa shape index (κ3) is 1.37. The third-order valence-electron chi connectivity index (χ3n) is 1.67. The Morgan fingerprint density at radius 2 is 2.36 bits per heavy atom. The smallest absolute Gasteiger partial charge is 0.345 e. The fraction of sp³-hybridized carbons (Fsp3) is 0.125. The lowest BCUT2D eigenvalue weighted by Gasteiger charge is -1.97. The average molecular weight is 192 g/mol. The van der Waals surface area contributed by atoms with Crippen molar-refractivity contribution in [1.82, 2.24) is 15.0 Å². The van der Waals surface area contributed by atoms with Crippen molar-refractivity contribution in [2.45, 2.75) is 6.92 Å². The van der Waals surface area contributed by atoms with Crippen molar-refractivity contribution in [3.63, 3.8) is 0 Å². The zero-order chi connectivity index (χ0) is 10.1. The number of nitrogens with two attached hydrogens (primary N) is 1. The molecule has 3 N–H and O–H groups in total. The van der Waals surface area contributed by atoms with Gasteiger partial charge in [0.25, 0.3) is 0 Å². The van der Waals surface area contributed by atoms with Gasteiger partial charge >= 0.3 is 5.69 Å². The minimum Gasteiger partial charge on any atom is -0.443 e. The van der Waals surface area contributed by atoms with Gasteiger partial charge in [-0.05, 0) is 6.92 Å². The molecule has 2 aromatic rings. The maximum absolute atomic E-state index is 10.9. The van der Waals surface area contributed by atoms with Crippen LogP contribution in [0.5, 0.6) is 0 Å². The first-order valence-electron chi connectivity index (χ1n) is 3.94. The standard InChI is InChI=1S/C8H8N4O2/c1-4-3-14-7(11-4)6-5(9)2-10-8(13)12-6/h2-3H,9H2,1H3,(H,10,12,13). The first-order valence-corrected chi connectivity index (χ1v) is 3.94. The summed E-state index contributed by atoms with van der Waals surface area (Å²) in [6.45, 7) is 1.78. The lowest BCUT2D eigenvalue weighted by atomic mass is 10.3. The maximum atomic E-state index is 10.9. The summed E-state index contributed by atoms with van der Waals surface area (Å²) in [7, 11) is 0. The zero-order valence-corrected chi connectivity index (χ0v) is 7.44. The van der Waals surface area contributed by atoms with E-state index in [-0.39, 0.29) is 0 Å². The summed E-state index contributed by atoms with van der Waals surface area (Å²) in [5.74, 6) is 0.291. The molecular formula is C8H8N4O2. The first-order chi connectivity index (χ1) is 6.66. The molecule has 0 fully saturated rings. The predicted octanol–water partition coefficient (Wildman–Crippen LogP) is 0.316. The number of nitrogen functional groups attached to an aromatic ring is 1. The normalized spacial score (nSPS) is 10.4. The van der Waals surface area contributed by atoms with Crippen LogP contribution in [0.25, 0.3) is 11.6 Å². The number of oxazole rings is 1. The predicted molar refractivity (Wildman–Crippen MR) is 49.5 cm³/mol. The Morgan fingerprint density at radius 3 is 3.00 bits per heavy atom. The summed E-state index contributed by atoms with van der Waals surface area (Å²) in [6, 6.07) is 0. The van der Waals surface area contributed by atoms with Crippen molar-refractivity contribution < 1.29 is 4.42 Å². The van der Waals surface area contributed by atoms with Gasteiger partial charge in [0.05, 0.1) is 17.6 Å². The molecule has 72 valence electrons. The Balaban J connectivity index is 2.61. The molecule has 0 amide bonds. The number of hydrogen-bond donors (Lipinski definition) is 2. The fourth-order valence-corrected chi connectivity index (χ4v) is 1.05. The largest absolute Gasteiger partial charge is 0.443 e. The molecule has 2 aromatic heterocycles. The highest BCUT2D eigenvalue weighted by atomic mass is 16.3. The molecular weight excluding hydrogens is 184 g/mol. The molecule has 14 heavy (non-hydrogen) atoms. The number of anilines is 1. The number of hydrogen-bond acceptors (Lipinski definition) is 5. The number of rotatable bonds is 1. The van der Waals surface area contributed by atoms with Crippen LogP contribution >= 0.6 is 0 Å². The van der Waals surface area contributed by atoms with Crippen LogP contribution < -0.4 is 11.4 Å². The van der Waals surface area contributed by atoms with Gasteiger partial charge in [0.2, 0.25) is 5.89 Å². The molecule has 0 spiro atoms. The second-order valence-electron chi connectivity index (χ2n) is 2.81. The number of H-pyrrole nitrogens is 1. The Bertz CT molecular complexity index is 514. The highest BCUT2D eigenvalue weighted by molar-refractivity contribution is 5.64. The van der Waals surface area contributed by atoms with E-state index in [9.17, 15) is 4.79 Å². The van der Waals surface area contributed by atoms with Gasteiger partial charge in [0.15, 0.2) is 0 Å². The SMILES string of the molecule is Cc1coc(-c2[nH]c(=O)ncc2N)n1. The van der Waals surface area contributed by atoms with Crippen molar-refractivity contribution in [1.29, 1.82) is 0 Å². The average Bonchev–Trinajstić information content (AvgIpc) is 2.56. The second kappa shape index (κ2) is 2.99. The van der Waals surface area contributed by atoms with Gasteiger partial charge in [-0.15, -0.1) is 0 Å². The molecule has 0 aliphatic heterocycles. The van der Waals surface area contributed by atoms with E-state index >= 15 is 0 Å². The molecule has 6 nitrogen and oxygen atoms in total. The molecule has 0 saturated heterocycles.